The number of phosphoric acid groups is 1. The Morgan fingerprint density at radius 3 is 1.27 bits per heavy atom. The molecule has 0 aliphatic rings. The average molecular weight is 751 g/mol. The first-order chi connectivity index (χ1) is 24.8. The van der Waals surface area contributed by atoms with E-state index in [0.29, 0.717) is 6.61 Å². The molecule has 0 amide bonds. The normalized spacial score (nSPS) is 14.1. The Labute approximate surface area is 314 Å². The van der Waals surface area contributed by atoms with Crippen molar-refractivity contribution in [1.29, 1.82) is 0 Å². The number of phosphoric ester groups is 1. The number of aliphatic hydroxyl groups is 2. The molecule has 0 heterocycles. The van der Waals surface area contributed by atoms with Crippen LogP contribution in [0.2, 0.25) is 0 Å². The molecular formula is C41H83O9P. The number of rotatable bonds is 42. The first-order valence-corrected chi connectivity index (χ1v) is 23.0. The molecule has 0 aliphatic carbocycles. The van der Waals surface area contributed by atoms with Crippen LogP contribution >= 0.6 is 7.82 Å². The summed E-state index contributed by atoms with van der Waals surface area (Å²) in [6.45, 7) is 3.57. The van der Waals surface area contributed by atoms with Gasteiger partial charge in [-0.2, -0.15) is 0 Å². The van der Waals surface area contributed by atoms with E-state index in [4.69, 9.17) is 23.6 Å². The number of esters is 1. The van der Waals surface area contributed by atoms with E-state index in [1.54, 1.807) is 0 Å². The molecule has 0 saturated carbocycles. The Morgan fingerprint density at radius 2 is 0.882 bits per heavy atom. The maximum atomic E-state index is 12.6. The van der Waals surface area contributed by atoms with Gasteiger partial charge in [0.15, 0.2) is 0 Å². The van der Waals surface area contributed by atoms with Crippen LogP contribution in [0, 0.1) is 0 Å². The first kappa shape index (κ1) is 50.5. The van der Waals surface area contributed by atoms with Gasteiger partial charge < -0.3 is 24.6 Å². The highest BCUT2D eigenvalue weighted by Crippen LogP contribution is 2.43. The molecule has 0 saturated heterocycles. The summed E-state index contributed by atoms with van der Waals surface area (Å²) in [6.07, 6.45) is 36.2. The molecule has 0 bridgehead atoms. The maximum Gasteiger partial charge on any atom is 0.472 e. The largest absolute Gasteiger partial charge is 0.472 e. The second-order valence-electron chi connectivity index (χ2n) is 14.7. The average Bonchev–Trinajstić information content (AvgIpc) is 3.12. The predicted molar refractivity (Wildman–Crippen MR) is 210 cm³/mol. The number of carbonyl (C=O) groups is 1. The zero-order valence-corrected chi connectivity index (χ0v) is 34.2. The quantitative estimate of drug-likeness (QED) is 0.0317. The zero-order valence-electron chi connectivity index (χ0n) is 33.3. The van der Waals surface area contributed by atoms with E-state index >= 15 is 0 Å². The molecule has 0 aliphatic heterocycles. The number of carbonyl (C=O) groups excluding carboxylic acids is 1. The van der Waals surface area contributed by atoms with Crippen molar-refractivity contribution < 1.29 is 43.0 Å². The van der Waals surface area contributed by atoms with Crippen molar-refractivity contribution in [3.05, 3.63) is 0 Å². The third kappa shape index (κ3) is 39.0. The molecule has 0 rings (SSSR count). The number of unbranched alkanes of at least 4 members (excludes halogenated alkanes) is 28. The lowest BCUT2D eigenvalue weighted by Gasteiger charge is -2.20. The number of hydrogen-bond acceptors (Lipinski definition) is 8. The van der Waals surface area contributed by atoms with Crippen molar-refractivity contribution in [3.8, 4) is 0 Å². The van der Waals surface area contributed by atoms with Gasteiger partial charge in [-0.15, -0.1) is 0 Å². The summed E-state index contributed by atoms with van der Waals surface area (Å²) in [5.41, 5.74) is 0. The lowest BCUT2D eigenvalue weighted by atomic mass is 10.0. The number of hydrogen-bond donors (Lipinski definition) is 3. The fourth-order valence-electron chi connectivity index (χ4n) is 6.24. The third-order valence-electron chi connectivity index (χ3n) is 9.54. The maximum absolute atomic E-state index is 12.6. The molecule has 1 unspecified atom stereocenters. The minimum Gasteiger partial charge on any atom is -0.457 e. The summed E-state index contributed by atoms with van der Waals surface area (Å²) in [6, 6.07) is 0. The summed E-state index contributed by atoms with van der Waals surface area (Å²) in [5, 5.41) is 18.3. The van der Waals surface area contributed by atoms with Crippen LogP contribution < -0.4 is 0 Å². The molecule has 0 aromatic carbocycles. The smallest absolute Gasteiger partial charge is 0.457 e. The van der Waals surface area contributed by atoms with Crippen molar-refractivity contribution in [2.45, 2.75) is 225 Å². The second-order valence-corrected chi connectivity index (χ2v) is 16.2. The van der Waals surface area contributed by atoms with Gasteiger partial charge in [0.05, 0.1) is 26.4 Å². The Hall–Kier alpha value is -0.540. The monoisotopic (exact) mass is 751 g/mol. The topological polar surface area (TPSA) is 132 Å². The van der Waals surface area contributed by atoms with Gasteiger partial charge in [-0.3, -0.25) is 13.8 Å². The van der Waals surface area contributed by atoms with Crippen molar-refractivity contribution >= 4 is 13.8 Å². The molecule has 3 atom stereocenters. The van der Waals surface area contributed by atoms with Crippen LogP contribution in [0.4, 0.5) is 0 Å². The van der Waals surface area contributed by atoms with Crippen molar-refractivity contribution in [2.24, 2.45) is 0 Å². The molecule has 9 nitrogen and oxygen atoms in total. The first-order valence-electron chi connectivity index (χ1n) is 21.5. The summed E-state index contributed by atoms with van der Waals surface area (Å²) in [7, 11) is -4.51. The lowest BCUT2D eigenvalue weighted by Crippen LogP contribution is -2.29. The second kappa shape index (κ2) is 39.2. The molecule has 306 valence electrons. The van der Waals surface area contributed by atoms with E-state index in [-0.39, 0.29) is 25.6 Å². The molecule has 0 radical (unpaired) electrons. The molecule has 51 heavy (non-hydrogen) atoms. The highest BCUT2D eigenvalue weighted by Gasteiger charge is 2.26. The van der Waals surface area contributed by atoms with Crippen LogP contribution in [0.5, 0.6) is 0 Å². The molecule has 10 heteroatoms. The SMILES string of the molecule is CCCCCCCCCCCCCCCCCCOC[C@H](COP(=O)(O)OC[C@@H](O)CO)OC(=O)CCCCCCCCCCCCCCCC. The molecule has 0 aromatic rings. The molecular weight excluding hydrogens is 667 g/mol. The van der Waals surface area contributed by atoms with Gasteiger partial charge in [0, 0.05) is 13.0 Å². The molecule has 3 N–H and O–H groups in total. The van der Waals surface area contributed by atoms with Crippen LogP contribution in [-0.2, 0) is 27.9 Å². The van der Waals surface area contributed by atoms with Gasteiger partial charge >= 0.3 is 13.8 Å². The summed E-state index contributed by atoms with van der Waals surface area (Å²) >= 11 is 0. The third-order valence-corrected chi connectivity index (χ3v) is 10.5. The lowest BCUT2D eigenvalue weighted by molar-refractivity contribution is -0.154. The zero-order chi connectivity index (χ0) is 37.5. The summed E-state index contributed by atoms with van der Waals surface area (Å²) < 4.78 is 33.4. The van der Waals surface area contributed by atoms with E-state index in [2.05, 4.69) is 13.8 Å². The van der Waals surface area contributed by atoms with E-state index in [1.165, 1.54) is 161 Å². The molecule has 0 aromatic heterocycles. The molecule has 0 fully saturated rings. The number of ether oxygens (including phenoxy) is 2. The van der Waals surface area contributed by atoms with Gasteiger partial charge in [-0.25, -0.2) is 4.57 Å². The fourth-order valence-corrected chi connectivity index (χ4v) is 7.03. The Bertz CT molecular complexity index is 769. The van der Waals surface area contributed by atoms with Crippen LogP contribution in [0.25, 0.3) is 0 Å². The Kier molecular flexibility index (Phi) is 38.7. The van der Waals surface area contributed by atoms with Gasteiger partial charge in [0.2, 0.25) is 0 Å². The number of aliphatic hydroxyl groups excluding tert-OH is 2. The van der Waals surface area contributed by atoms with Crippen LogP contribution in [0.1, 0.15) is 213 Å². The molecule has 0 spiro atoms. The van der Waals surface area contributed by atoms with E-state index in [9.17, 15) is 19.4 Å². The Balaban J connectivity index is 4.12. The van der Waals surface area contributed by atoms with Crippen LogP contribution in [0.3, 0.4) is 0 Å². The van der Waals surface area contributed by atoms with E-state index < -0.39 is 33.2 Å². The van der Waals surface area contributed by atoms with E-state index in [0.717, 1.165) is 32.1 Å². The highest BCUT2D eigenvalue weighted by molar-refractivity contribution is 7.47. The van der Waals surface area contributed by atoms with Crippen LogP contribution in [-0.4, -0.2) is 66.3 Å². The van der Waals surface area contributed by atoms with Gasteiger partial charge in [-0.05, 0) is 12.8 Å². The summed E-state index contributed by atoms with van der Waals surface area (Å²) in [4.78, 5) is 22.5. The van der Waals surface area contributed by atoms with Gasteiger partial charge in [0.1, 0.15) is 12.2 Å². The highest BCUT2D eigenvalue weighted by atomic mass is 31.2. The van der Waals surface area contributed by atoms with Gasteiger partial charge in [-0.1, -0.05) is 194 Å². The Morgan fingerprint density at radius 1 is 0.529 bits per heavy atom. The predicted octanol–water partition coefficient (Wildman–Crippen LogP) is 11.5. The van der Waals surface area contributed by atoms with Crippen molar-refractivity contribution in [3.63, 3.8) is 0 Å². The standard InChI is InChI=1S/C41H83O9P/c1-3-5-7-9-11-13-15-17-19-20-22-24-26-28-30-32-34-47-37-40(38-49-51(45,46)48-36-39(43)35-42)50-41(44)33-31-29-27-25-23-21-18-16-14-12-10-8-6-4-2/h39-40,42-43H,3-38H2,1-2H3,(H,45,46)/t39-,40+/m0/s1. The van der Waals surface area contributed by atoms with Crippen molar-refractivity contribution in [1.82, 2.24) is 0 Å². The van der Waals surface area contributed by atoms with Crippen LogP contribution in [0.15, 0.2) is 0 Å². The fraction of sp³-hybridized carbons (Fsp3) is 0.976. The minimum absolute atomic E-state index is 0.0580. The van der Waals surface area contributed by atoms with Crippen molar-refractivity contribution in [2.75, 3.05) is 33.0 Å². The summed E-state index contributed by atoms with van der Waals surface area (Å²) in [5.74, 6) is -0.377. The van der Waals surface area contributed by atoms with E-state index in [1.807, 2.05) is 0 Å². The minimum atomic E-state index is -4.51. The van der Waals surface area contributed by atoms with Gasteiger partial charge in [0.25, 0.3) is 0 Å².